The standard InChI is InChI=1S/C17H25N5O/c1-13-11-16(18-9-10-22(2)3)21-17(20-13)19-12-14-7-5-6-8-15(14)23-4/h5-8,11H,9-10,12H2,1-4H3,(H2,18,19,20,21). The van der Waals surface area contributed by atoms with E-state index in [2.05, 4.69) is 25.5 Å². The maximum absolute atomic E-state index is 5.36. The third-order valence-electron chi connectivity index (χ3n) is 3.35. The lowest BCUT2D eigenvalue weighted by molar-refractivity contribution is 0.410. The molecule has 0 aliphatic rings. The molecule has 6 heteroatoms. The number of anilines is 2. The van der Waals surface area contributed by atoms with Crippen molar-refractivity contribution in [3.63, 3.8) is 0 Å². The van der Waals surface area contributed by atoms with Crippen molar-refractivity contribution in [3.05, 3.63) is 41.6 Å². The van der Waals surface area contributed by atoms with Crippen LogP contribution in [0.1, 0.15) is 11.3 Å². The molecule has 0 bridgehead atoms. The summed E-state index contributed by atoms with van der Waals surface area (Å²) in [7, 11) is 5.77. The van der Waals surface area contributed by atoms with Crippen molar-refractivity contribution in [1.29, 1.82) is 0 Å². The molecular formula is C17H25N5O. The van der Waals surface area contributed by atoms with Gasteiger partial charge in [0, 0.05) is 37.0 Å². The minimum Gasteiger partial charge on any atom is -0.496 e. The molecule has 23 heavy (non-hydrogen) atoms. The van der Waals surface area contributed by atoms with Gasteiger partial charge in [0.05, 0.1) is 7.11 Å². The highest BCUT2D eigenvalue weighted by Crippen LogP contribution is 2.18. The van der Waals surface area contributed by atoms with Gasteiger partial charge in [-0.25, -0.2) is 4.98 Å². The second kappa shape index (κ2) is 8.33. The Balaban J connectivity index is 2.00. The summed E-state index contributed by atoms with van der Waals surface area (Å²) in [6.07, 6.45) is 0. The van der Waals surface area contributed by atoms with Gasteiger partial charge < -0.3 is 20.3 Å². The van der Waals surface area contributed by atoms with Gasteiger partial charge in [-0.3, -0.25) is 0 Å². The summed E-state index contributed by atoms with van der Waals surface area (Å²) in [4.78, 5) is 11.1. The van der Waals surface area contributed by atoms with E-state index in [1.807, 2.05) is 51.4 Å². The first-order chi connectivity index (χ1) is 11.1. The van der Waals surface area contributed by atoms with E-state index in [4.69, 9.17) is 4.74 Å². The first kappa shape index (κ1) is 17.0. The van der Waals surface area contributed by atoms with Gasteiger partial charge in [-0.1, -0.05) is 18.2 Å². The number of nitrogens with one attached hydrogen (secondary N) is 2. The van der Waals surface area contributed by atoms with Crippen LogP contribution in [0.2, 0.25) is 0 Å². The van der Waals surface area contributed by atoms with E-state index in [0.717, 1.165) is 35.9 Å². The number of hydrogen-bond donors (Lipinski definition) is 2. The van der Waals surface area contributed by atoms with Gasteiger partial charge in [0.1, 0.15) is 11.6 Å². The molecule has 6 nitrogen and oxygen atoms in total. The van der Waals surface area contributed by atoms with Crippen molar-refractivity contribution in [2.24, 2.45) is 0 Å². The number of hydrogen-bond acceptors (Lipinski definition) is 6. The fourth-order valence-corrected chi connectivity index (χ4v) is 2.17. The molecule has 0 aliphatic carbocycles. The molecule has 1 heterocycles. The summed E-state index contributed by atoms with van der Waals surface area (Å²) in [6.45, 7) is 4.38. The molecule has 0 aliphatic heterocycles. The predicted octanol–water partition coefficient (Wildman–Crippen LogP) is 2.38. The summed E-state index contributed by atoms with van der Waals surface area (Å²) in [5.74, 6) is 2.31. The molecule has 0 saturated heterocycles. The third-order valence-corrected chi connectivity index (χ3v) is 3.35. The summed E-state index contributed by atoms with van der Waals surface area (Å²) in [5.41, 5.74) is 2.00. The number of benzene rings is 1. The molecule has 0 spiro atoms. The van der Waals surface area contributed by atoms with Crippen LogP contribution in [0.3, 0.4) is 0 Å². The molecule has 124 valence electrons. The molecule has 0 unspecified atom stereocenters. The van der Waals surface area contributed by atoms with E-state index in [1.165, 1.54) is 0 Å². The highest BCUT2D eigenvalue weighted by molar-refractivity contribution is 5.43. The number of nitrogens with zero attached hydrogens (tertiary/aromatic N) is 3. The summed E-state index contributed by atoms with van der Waals surface area (Å²) < 4.78 is 5.36. The van der Waals surface area contributed by atoms with Gasteiger partial charge >= 0.3 is 0 Å². The van der Waals surface area contributed by atoms with Crippen molar-refractivity contribution in [2.75, 3.05) is 44.9 Å². The zero-order chi connectivity index (χ0) is 16.7. The molecular weight excluding hydrogens is 290 g/mol. The van der Waals surface area contributed by atoms with Crippen LogP contribution in [0.25, 0.3) is 0 Å². The smallest absolute Gasteiger partial charge is 0.225 e. The van der Waals surface area contributed by atoms with Crippen LogP contribution in [-0.2, 0) is 6.54 Å². The molecule has 0 amide bonds. The lowest BCUT2D eigenvalue weighted by Crippen LogP contribution is -2.21. The minimum absolute atomic E-state index is 0.614. The second-order valence-electron chi connectivity index (χ2n) is 5.61. The number of ether oxygens (including phenoxy) is 1. The van der Waals surface area contributed by atoms with Crippen LogP contribution in [-0.4, -0.2) is 49.2 Å². The fourth-order valence-electron chi connectivity index (χ4n) is 2.17. The Morgan fingerprint density at radius 2 is 1.91 bits per heavy atom. The number of methoxy groups -OCH3 is 1. The van der Waals surface area contributed by atoms with Crippen LogP contribution in [0.4, 0.5) is 11.8 Å². The van der Waals surface area contributed by atoms with Crippen LogP contribution < -0.4 is 15.4 Å². The van der Waals surface area contributed by atoms with E-state index in [-0.39, 0.29) is 0 Å². The zero-order valence-corrected chi connectivity index (χ0v) is 14.3. The van der Waals surface area contributed by atoms with Gasteiger partial charge in [0.2, 0.25) is 5.95 Å². The molecule has 1 aromatic heterocycles. The van der Waals surface area contributed by atoms with Gasteiger partial charge in [0.15, 0.2) is 0 Å². The number of likely N-dealkylation sites (N-methyl/N-ethyl adjacent to an activating group) is 1. The minimum atomic E-state index is 0.614. The SMILES string of the molecule is COc1ccccc1CNc1nc(C)cc(NCCN(C)C)n1. The van der Waals surface area contributed by atoms with E-state index in [9.17, 15) is 0 Å². The van der Waals surface area contributed by atoms with Crippen molar-refractivity contribution >= 4 is 11.8 Å². The Labute approximate surface area is 137 Å². The molecule has 1 aromatic carbocycles. The topological polar surface area (TPSA) is 62.3 Å². The van der Waals surface area contributed by atoms with Crippen LogP contribution >= 0.6 is 0 Å². The van der Waals surface area contributed by atoms with E-state index < -0.39 is 0 Å². The molecule has 2 N–H and O–H groups in total. The first-order valence-electron chi connectivity index (χ1n) is 7.68. The lowest BCUT2D eigenvalue weighted by atomic mass is 10.2. The highest BCUT2D eigenvalue weighted by Gasteiger charge is 2.05. The highest BCUT2D eigenvalue weighted by atomic mass is 16.5. The number of aryl methyl sites for hydroxylation is 1. The van der Waals surface area contributed by atoms with Gasteiger partial charge in [0.25, 0.3) is 0 Å². The van der Waals surface area contributed by atoms with E-state index in [1.54, 1.807) is 7.11 Å². The van der Waals surface area contributed by atoms with E-state index in [0.29, 0.717) is 12.5 Å². The third kappa shape index (κ3) is 5.41. The summed E-state index contributed by atoms with van der Waals surface area (Å²) in [6, 6.07) is 9.87. The predicted molar refractivity (Wildman–Crippen MR) is 94.1 cm³/mol. The summed E-state index contributed by atoms with van der Waals surface area (Å²) >= 11 is 0. The fraction of sp³-hybridized carbons (Fsp3) is 0.412. The quantitative estimate of drug-likeness (QED) is 0.780. The average Bonchev–Trinajstić information content (AvgIpc) is 2.52. The molecule has 2 rings (SSSR count). The van der Waals surface area contributed by atoms with Crippen molar-refractivity contribution in [2.45, 2.75) is 13.5 Å². The Hall–Kier alpha value is -2.34. The maximum atomic E-state index is 5.36. The van der Waals surface area contributed by atoms with Gasteiger partial charge in [-0.2, -0.15) is 4.98 Å². The first-order valence-corrected chi connectivity index (χ1v) is 7.68. The largest absolute Gasteiger partial charge is 0.496 e. The number of para-hydroxylation sites is 1. The van der Waals surface area contributed by atoms with Crippen molar-refractivity contribution in [1.82, 2.24) is 14.9 Å². The van der Waals surface area contributed by atoms with Crippen molar-refractivity contribution < 1.29 is 4.74 Å². The zero-order valence-electron chi connectivity index (χ0n) is 14.3. The lowest BCUT2D eigenvalue weighted by Gasteiger charge is -2.13. The Bertz CT molecular complexity index is 630. The number of aromatic nitrogens is 2. The number of rotatable bonds is 8. The Morgan fingerprint density at radius 1 is 1.13 bits per heavy atom. The van der Waals surface area contributed by atoms with Crippen LogP contribution in [0.5, 0.6) is 5.75 Å². The molecule has 0 atom stereocenters. The van der Waals surface area contributed by atoms with Crippen LogP contribution in [0, 0.1) is 6.92 Å². The molecule has 0 radical (unpaired) electrons. The Kier molecular flexibility index (Phi) is 6.17. The molecule has 0 fully saturated rings. The van der Waals surface area contributed by atoms with E-state index >= 15 is 0 Å². The maximum Gasteiger partial charge on any atom is 0.225 e. The second-order valence-corrected chi connectivity index (χ2v) is 5.61. The van der Waals surface area contributed by atoms with Crippen molar-refractivity contribution in [3.8, 4) is 5.75 Å². The summed E-state index contributed by atoms with van der Waals surface area (Å²) in [5, 5.41) is 6.58. The average molecular weight is 315 g/mol. The Morgan fingerprint density at radius 3 is 2.65 bits per heavy atom. The monoisotopic (exact) mass is 315 g/mol. The normalized spacial score (nSPS) is 10.7. The van der Waals surface area contributed by atoms with Gasteiger partial charge in [-0.15, -0.1) is 0 Å². The molecule has 2 aromatic rings. The molecule has 0 saturated carbocycles. The van der Waals surface area contributed by atoms with Gasteiger partial charge in [-0.05, 0) is 27.1 Å². The van der Waals surface area contributed by atoms with Crippen LogP contribution in [0.15, 0.2) is 30.3 Å².